The molecule has 4 aromatic rings. The number of aromatic nitrogens is 4. The van der Waals surface area contributed by atoms with Crippen molar-refractivity contribution in [3.05, 3.63) is 83.8 Å². The fraction of sp³-hybridized carbons (Fsp3) is 0.143. The van der Waals surface area contributed by atoms with E-state index in [1.807, 2.05) is 31.2 Å². The van der Waals surface area contributed by atoms with Crippen LogP contribution in [0.4, 0.5) is 4.39 Å². The minimum atomic E-state index is -0.509. The van der Waals surface area contributed by atoms with Crippen molar-refractivity contribution in [2.24, 2.45) is 0 Å². The molecule has 4 rings (SSSR count). The number of halogens is 1. The highest BCUT2D eigenvalue weighted by Crippen LogP contribution is 2.20. The van der Waals surface area contributed by atoms with E-state index in [4.69, 9.17) is 0 Å². The van der Waals surface area contributed by atoms with Crippen molar-refractivity contribution in [2.75, 3.05) is 0 Å². The lowest BCUT2D eigenvalue weighted by molar-refractivity contribution is 0.0936. The molecule has 6 nitrogen and oxygen atoms in total. The van der Waals surface area contributed by atoms with Gasteiger partial charge in [-0.25, -0.2) is 14.4 Å². The number of rotatable bonds is 4. The van der Waals surface area contributed by atoms with Gasteiger partial charge in [-0.15, -0.1) is 0 Å². The number of nitrogens with one attached hydrogen (secondary N) is 1. The number of aryl methyl sites for hydroxylation is 1. The lowest BCUT2D eigenvalue weighted by atomic mass is 10.1. The first kappa shape index (κ1) is 17.8. The molecule has 3 heterocycles. The molecule has 1 N–H and O–H groups in total. The van der Waals surface area contributed by atoms with Gasteiger partial charge in [0.15, 0.2) is 11.3 Å². The van der Waals surface area contributed by atoms with Crippen LogP contribution in [0.3, 0.4) is 0 Å². The number of fused-ring (bicyclic) bond motifs is 1. The van der Waals surface area contributed by atoms with E-state index >= 15 is 0 Å². The standard InChI is InChI=1S/C21H18FN5O/c1-13-11-18(17-9-5-6-10-23-17)26-20-19(24-12-27(13)20)21(28)25-14(2)15-7-3-4-8-16(15)22/h3-12,14H,1-2H3,(H,25,28)/t14-/m0/s1. The maximum Gasteiger partial charge on any atom is 0.274 e. The van der Waals surface area contributed by atoms with Gasteiger partial charge in [0.2, 0.25) is 0 Å². The fourth-order valence-electron chi connectivity index (χ4n) is 3.10. The number of nitrogens with zero attached hydrogens (tertiary/aromatic N) is 4. The first-order valence-corrected chi connectivity index (χ1v) is 8.86. The first-order chi connectivity index (χ1) is 13.5. The van der Waals surface area contributed by atoms with Crippen LogP contribution in [-0.2, 0) is 0 Å². The van der Waals surface area contributed by atoms with Gasteiger partial charge in [0, 0.05) is 17.5 Å². The Morgan fingerprint density at radius 2 is 1.89 bits per heavy atom. The third-order valence-electron chi connectivity index (χ3n) is 4.56. The Hall–Kier alpha value is -3.61. The van der Waals surface area contributed by atoms with E-state index in [1.54, 1.807) is 42.0 Å². The number of hydrogen-bond donors (Lipinski definition) is 1. The highest BCUT2D eigenvalue weighted by molar-refractivity contribution is 5.98. The fourth-order valence-corrected chi connectivity index (χ4v) is 3.10. The Morgan fingerprint density at radius 3 is 2.64 bits per heavy atom. The van der Waals surface area contributed by atoms with Crippen molar-refractivity contribution in [1.29, 1.82) is 0 Å². The molecule has 28 heavy (non-hydrogen) atoms. The van der Waals surface area contributed by atoms with Crippen molar-refractivity contribution in [3.63, 3.8) is 0 Å². The highest BCUT2D eigenvalue weighted by atomic mass is 19.1. The van der Waals surface area contributed by atoms with E-state index in [-0.39, 0.29) is 11.5 Å². The average molecular weight is 375 g/mol. The van der Waals surface area contributed by atoms with Crippen molar-refractivity contribution >= 4 is 11.6 Å². The van der Waals surface area contributed by atoms with Gasteiger partial charge in [0.25, 0.3) is 5.91 Å². The molecule has 1 aromatic carbocycles. The van der Waals surface area contributed by atoms with Gasteiger partial charge >= 0.3 is 0 Å². The van der Waals surface area contributed by atoms with Crippen molar-refractivity contribution < 1.29 is 9.18 Å². The predicted octanol–water partition coefficient (Wildman–Crippen LogP) is 3.73. The molecule has 0 radical (unpaired) electrons. The van der Waals surface area contributed by atoms with Gasteiger partial charge in [-0.1, -0.05) is 24.3 Å². The quantitative estimate of drug-likeness (QED) is 0.590. The van der Waals surface area contributed by atoms with Gasteiger partial charge < -0.3 is 5.32 Å². The Bertz CT molecular complexity index is 1160. The van der Waals surface area contributed by atoms with Crippen LogP contribution in [0.2, 0.25) is 0 Å². The molecule has 0 spiro atoms. The lowest BCUT2D eigenvalue weighted by Crippen LogP contribution is -2.27. The van der Waals surface area contributed by atoms with Crippen LogP contribution in [0.25, 0.3) is 17.0 Å². The van der Waals surface area contributed by atoms with Crippen LogP contribution in [-0.4, -0.2) is 25.3 Å². The number of benzene rings is 1. The zero-order valence-corrected chi connectivity index (χ0v) is 15.4. The molecule has 0 saturated carbocycles. The van der Waals surface area contributed by atoms with Gasteiger partial charge in [0.05, 0.1) is 17.4 Å². The maximum atomic E-state index is 14.0. The number of pyridine rings is 1. The van der Waals surface area contributed by atoms with Crippen LogP contribution in [0.15, 0.2) is 61.1 Å². The highest BCUT2D eigenvalue weighted by Gasteiger charge is 2.20. The van der Waals surface area contributed by atoms with E-state index in [0.717, 1.165) is 5.69 Å². The van der Waals surface area contributed by atoms with Crippen LogP contribution in [0.1, 0.15) is 34.7 Å². The summed E-state index contributed by atoms with van der Waals surface area (Å²) in [4.78, 5) is 26.0. The summed E-state index contributed by atoms with van der Waals surface area (Å²) in [7, 11) is 0. The van der Waals surface area contributed by atoms with Crippen LogP contribution >= 0.6 is 0 Å². The molecule has 0 saturated heterocycles. The summed E-state index contributed by atoms with van der Waals surface area (Å²) < 4.78 is 15.7. The second kappa shape index (κ2) is 7.19. The topological polar surface area (TPSA) is 72.2 Å². The van der Waals surface area contributed by atoms with E-state index < -0.39 is 11.9 Å². The van der Waals surface area contributed by atoms with E-state index in [1.165, 1.54) is 6.07 Å². The van der Waals surface area contributed by atoms with Gasteiger partial charge in [0.1, 0.15) is 12.1 Å². The minimum Gasteiger partial charge on any atom is -0.344 e. The SMILES string of the molecule is Cc1cc(-c2ccccn2)nc2c(C(=O)N[C@@H](C)c3ccccc3F)ncn12. The van der Waals surface area contributed by atoms with Gasteiger partial charge in [-0.05, 0) is 38.1 Å². The average Bonchev–Trinajstić information content (AvgIpc) is 3.13. The Kier molecular flexibility index (Phi) is 4.57. The molecule has 7 heteroatoms. The van der Waals surface area contributed by atoms with Crippen molar-refractivity contribution in [3.8, 4) is 11.4 Å². The second-order valence-electron chi connectivity index (χ2n) is 6.50. The normalized spacial score (nSPS) is 12.1. The van der Waals surface area contributed by atoms with Crippen LogP contribution in [0.5, 0.6) is 0 Å². The summed E-state index contributed by atoms with van der Waals surface area (Å²) >= 11 is 0. The summed E-state index contributed by atoms with van der Waals surface area (Å²) in [6.07, 6.45) is 3.25. The number of amides is 1. The van der Waals surface area contributed by atoms with Crippen LogP contribution in [0, 0.1) is 12.7 Å². The minimum absolute atomic E-state index is 0.184. The number of hydrogen-bond acceptors (Lipinski definition) is 4. The van der Waals surface area contributed by atoms with E-state index in [9.17, 15) is 9.18 Å². The summed E-state index contributed by atoms with van der Waals surface area (Å²) in [6.45, 7) is 3.64. The number of carbonyl (C=O) groups is 1. The molecule has 0 aliphatic rings. The number of carbonyl (C=O) groups excluding carboxylic acids is 1. The third-order valence-corrected chi connectivity index (χ3v) is 4.56. The summed E-state index contributed by atoms with van der Waals surface area (Å²) in [5, 5.41) is 2.80. The molecule has 0 aliphatic heterocycles. The second-order valence-corrected chi connectivity index (χ2v) is 6.50. The van der Waals surface area contributed by atoms with Crippen molar-refractivity contribution in [1.82, 2.24) is 24.7 Å². The summed E-state index contributed by atoms with van der Waals surface area (Å²) in [5.74, 6) is -0.778. The molecule has 3 aromatic heterocycles. The Balaban J connectivity index is 1.69. The Morgan fingerprint density at radius 1 is 1.11 bits per heavy atom. The largest absolute Gasteiger partial charge is 0.344 e. The molecule has 1 atom stereocenters. The molecule has 140 valence electrons. The van der Waals surface area contributed by atoms with E-state index in [2.05, 4.69) is 20.3 Å². The van der Waals surface area contributed by atoms with Crippen LogP contribution < -0.4 is 5.32 Å². The first-order valence-electron chi connectivity index (χ1n) is 8.86. The molecule has 0 bridgehead atoms. The third kappa shape index (κ3) is 3.22. The van der Waals surface area contributed by atoms with E-state index in [0.29, 0.717) is 22.6 Å². The molecule has 0 unspecified atom stereocenters. The predicted molar refractivity (Wildman–Crippen MR) is 103 cm³/mol. The van der Waals surface area contributed by atoms with Gasteiger partial charge in [-0.3, -0.25) is 14.2 Å². The monoisotopic (exact) mass is 375 g/mol. The smallest absolute Gasteiger partial charge is 0.274 e. The molecule has 0 aliphatic carbocycles. The zero-order chi connectivity index (χ0) is 19.7. The van der Waals surface area contributed by atoms with Crippen molar-refractivity contribution in [2.45, 2.75) is 19.9 Å². The molecular formula is C21H18FN5O. The molecular weight excluding hydrogens is 357 g/mol. The Labute approximate surface area is 161 Å². The molecule has 1 amide bonds. The summed E-state index contributed by atoms with van der Waals surface area (Å²) in [5.41, 5.74) is 3.27. The molecule has 0 fully saturated rings. The maximum absolute atomic E-state index is 14.0. The zero-order valence-electron chi connectivity index (χ0n) is 15.4. The summed E-state index contributed by atoms with van der Waals surface area (Å²) in [6, 6.07) is 13.3. The van der Waals surface area contributed by atoms with Gasteiger partial charge in [-0.2, -0.15) is 0 Å². The number of imidazole rings is 1. The lowest BCUT2D eigenvalue weighted by Gasteiger charge is -2.14.